The van der Waals surface area contributed by atoms with Crippen LogP contribution in [0.25, 0.3) is 0 Å². The van der Waals surface area contributed by atoms with Gasteiger partial charge in [-0.1, -0.05) is 30.3 Å². The molecule has 0 aliphatic carbocycles. The Morgan fingerprint density at radius 1 is 1.16 bits per heavy atom. The van der Waals surface area contributed by atoms with Gasteiger partial charge in [-0.15, -0.1) is 0 Å². The minimum atomic E-state index is -0.460. The first-order valence-corrected chi connectivity index (χ1v) is 8.42. The molecule has 0 bridgehead atoms. The van der Waals surface area contributed by atoms with Gasteiger partial charge >= 0.3 is 5.97 Å². The number of nitrogens with zero attached hydrogens (tertiary/aromatic N) is 1. The van der Waals surface area contributed by atoms with Gasteiger partial charge in [0.25, 0.3) is 0 Å². The Morgan fingerprint density at radius 3 is 2.68 bits per heavy atom. The van der Waals surface area contributed by atoms with Gasteiger partial charge in [0.15, 0.2) is 0 Å². The van der Waals surface area contributed by atoms with E-state index in [1.165, 1.54) is 18.4 Å². The zero-order chi connectivity index (χ0) is 17.8. The van der Waals surface area contributed by atoms with Crippen molar-refractivity contribution in [2.24, 2.45) is 0 Å². The lowest BCUT2D eigenvalue weighted by Gasteiger charge is -2.24. The van der Waals surface area contributed by atoms with E-state index in [1.807, 2.05) is 12.1 Å². The highest BCUT2D eigenvalue weighted by Crippen LogP contribution is 2.31. The molecule has 1 atom stereocenters. The van der Waals surface area contributed by atoms with Crippen LogP contribution < -0.4 is 10.2 Å². The van der Waals surface area contributed by atoms with Crippen molar-refractivity contribution in [3.8, 4) is 0 Å². The number of hydrogen-bond donors (Lipinski definition) is 1. The van der Waals surface area contributed by atoms with E-state index in [0.29, 0.717) is 30.3 Å². The third-order valence-electron chi connectivity index (χ3n) is 4.53. The number of carbonyl (C=O) groups excluding carboxylic acids is 2. The summed E-state index contributed by atoms with van der Waals surface area (Å²) in [5.74, 6) is -0.578. The molecule has 2 aromatic carbocycles. The highest BCUT2D eigenvalue weighted by molar-refractivity contribution is 6.01. The molecule has 1 aliphatic heterocycles. The second kappa shape index (κ2) is 7.38. The summed E-state index contributed by atoms with van der Waals surface area (Å²) < 4.78 is 4.75. The lowest BCUT2D eigenvalue weighted by molar-refractivity contribution is -0.116. The van der Waals surface area contributed by atoms with Crippen molar-refractivity contribution in [3.63, 3.8) is 0 Å². The predicted octanol–water partition coefficient (Wildman–Crippen LogP) is 3.25. The van der Waals surface area contributed by atoms with Crippen LogP contribution >= 0.6 is 0 Å². The van der Waals surface area contributed by atoms with E-state index in [1.54, 1.807) is 24.3 Å². The van der Waals surface area contributed by atoms with Gasteiger partial charge in [0.1, 0.15) is 0 Å². The minimum Gasteiger partial charge on any atom is -0.465 e. The maximum absolute atomic E-state index is 12.4. The molecule has 0 spiro atoms. The topological polar surface area (TPSA) is 58.6 Å². The van der Waals surface area contributed by atoms with Gasteiger partial charge in [-0.05, 0) is 37.1 Å². The predicted molar refractivity (Wildman–Crippen MR) is 98.0 cm³/mol. The van der Waals surface area contributed by atoms with Crippen LogP contribution in [0.15, 0.2) is 48.5 Å². The number of anilines is 2. The summed E-state index contributed by atoms with van der Waals surface area (Å²) in [7, 11) is 1.33. The van der Waals surface area contributed by atoms with Gasteiger partial charge in [-0.25, -0.2) is 4.79 Å². The van der Waals surface area contributed by atoms with Gasteiger partial charge in [0, 0.05) is 24.7 Å². The molecule has 1 heterocycles. The van der Waals surface area contributed by atoms with Gasteiger partial charge in [-0.2, -0.15) is 0 Å². The number of carbonyl (C=O) groups is 2. The number of esters is 1. The minimum absolute atomic E-state index is 0.118. The fourth-order valence-corrected chi connectivity index (χ4v) is 3.29. The van der Waals surface area contributed by atoms with Crippen molar-refractivity contribution in [1.82, 2.24) is 0 Å². The van der Waals surface area contributed by atoms with Crippen LogP contribution in [0.5, 0.6) is 0 Å². The molecule has 5 heteroatoms. The molecule has 0 aromatic heterocycles. The van der Waals surface area contributed by atoms with Crippen LogP contribution in [0.3, 0.4) is 0 Å². The maximum atomic E-state index is 12.4. The molecule has 1 aliphatic rings. The molecule has 1 N–H and O–H groups in total. The molecule has 0 fully saturated rings. The van der Waals surface area contributed by atoms with E-state index in [0.717, 1.165) is 6.42 Å². The van der Waals surface area contributed by atoms with Gasteiger partial charge in [0.05, 0.1) is 18.4 Å². The summed E-state index contributed by atoms with van der Waals surface area (Å²) in [6.45, 7) is 2.81. The van der Waals surface area contributed by atoms with E-state index >= 15 is 0 Å². The average Bonchev–Trinajstić information content (AvgIpc) is 2.95. The van der Waals surface area contributed by atoms with Crippen molar-refractivity contribution >= 4 is 23.3 Å². The van der Waals surface area contributed by atoms with E-state index in [9.17, 15) is 9.59 Å². The van der Waals surface area contributed by atoms with Crippen LogP contribution in [-0.2, 0) is 16.0 Å². The number of fused-ring (bicyclic) bond motifs is 1. The lowest BCUT2D eigenvalue weighted by Crippen LogP contribution is -2.32. The van der Waals surface area contributed by atoms with Crippen molar-refractivity contribution in [2.45, 2.75) is 25.8 Å². The first-order valence-electron chi connectivity index (χ1n) is 8.42. The van der Waals surface area contributed by atoms with Crippen molar-refractivity contribution in [3.05, 3.63) is 59.7 Å². The zero-order valence-electron chi connectivity index (χ0n) is 14.5. The van der Waals surface area contributed by atoms with E-state index in [2.05, 4.69) is 29.3 Å². The summed E-state index contributed by atoms with van der Waals surface area (Å²) in [5, 5.41) is 2.82. The molecular weight excluding hydrogens is 316 g/mol. The SMILES string of the molecule is COC(=O)c1ccccc1NC(=O)CCN1c2ccccc2CC1C. The fraction of sp³-hybridized carbons (Fsp3) is 0.300. The molecule has 2 aromatic rings. The third kappa shape index (κ3) is 3.65. The van der Waals surface area contributed by atoms with Crippen LogP contribution in [0.2, 0.25) is 0 Å². The van der Waals surface area contributed by atoms with E-state index < -0.39 is 5.97 Å². The molecule has 5 nitrogen and oxygen atoms in total. The highest BCUT2D eigenvalue weighted by atomic mass is 16.5. The molecule has 25 heavy (non-hydrogen) atoms. The molecular formula is C20H22N2O3. The second-order valence-corrected chi connectivity index (χ2v) is 6.21. The van der Waals surface area contributed by atoms with E-state index in [4.69, 9.17) is 4.74 Å². The number of para-hydroxylation sites is 2. The molecule has 130 valence electrons. The lowest BCUT2D eigenvalue weighted by atomic mass is 10.1. The van der Waals surface area contributed by atoms with Crippen LogP contribution in [0.4, 0.5) is 11.4 Å². The number of benzene rings is 2. The van der Waals surface area contributed by atoms with E-state index in [-0.39, 0.29) is 5.91 Å². The van der Waals surface area contributed by atoms with Crippen LogP contribution in [0.1, 0.15) is 29.3 Å². The standard InChI is InChI=1S/C20H22N2O3/c1-14-13-15-7-3-6-10-18(15)22(14)12-11-19(23)21-17-9-5-4-8-16(17)20(24)25-2/h3-10,14H,11-13H2,1-2H3,(H,21,23). The number of amides is 1. The third-order valence-corrected chi connectivity index (χ3v) is 4.53. The Labute approximate surface area is 147 Å². The maximum Gasteiger partial charge on any atom is 0.339 e. The van der Waals surface area contributed by atoms with Crippen molar-refractivity contribution in [1.29, 1.82) is 0 Å². The molecule has 0 saturated carbocycles. The summed E-state index contributed by atoms with van der Waals surface area (Å²) in [4.78, 5) is 26.4. The first kappa shape index (κ1) is 17.0. The second-order valence-electron chi connectivity index (χ2n) is 6.21. The van der Waals surface area contributed by atoms with Crippen molar-refractivity contribution in [2.75, 3.05) is 23.9 Å². The molecule has 0 saturated heterocycles. The smallest absolute Gasteiger partial charge is 0.339 e. The van der Waals surface area contributed by atoms with Crippen LogP contribution in [-0.4, -0.2) is 31.6 Å². The first-order chi connectivity index (χ1) is 12.1. The summed E-state index contributed by atoms with van der Waals surface area (Å²) >= 11 is 0. The van der Waals surface area contributed by atoms with Gasteiger partial charge < -0.3 is 15.0 Å². The number of rotatable bonds is 5. The Hall–Kier alpha value is -2.82. The summed E-state index contributed by atoms with van der Waals surface area (Å²) in [6, 6.07) is 15.6. The number of hydrogen-bond acceptors (Lipinski definition) is 4. The number of nitrogens with one attached hydrogen (secondary N) is 1. The van der Waals surface area contributed by atoms with Crippen molar-refractivity contribution < 1.29 is 14.3 Å². The average molecular weight is 338 g/mol. The highest BCUT2D eigenvalue weighted by Gasteiger charge is 2.25. The fourth-order valence-electron chi connectivity index (χ4n) is 3.29. The molecule has 3 rings (SSSR count). The van der Waals surface area contributed by atoms with Crippen LogP contribution in [0, 0.1) is 0 Å². The van der Waals surface area contributed by atoms with Gasteiger partial charge in [0.2, 0.25) is 5.91 Å². The summed E-state index contributed by atoms with van der Waals surface area (Å²) in [5.41, 5.74) is 3.37. The number of ether oxygens (including phenoxy) is 1. The Bertz CT molecular complexity index is 788. The Morgan fingerprint density at radius 2 is 1.88 bits per heavy atom. The molecule has 0 radical (unpaired) electrons. The molecule has 1 unspecified atom stereocenters. The number of methoxy groups -OCH3 is 1. The zero-order valence-corrected chi connectivity index (χ0v) is 14.5. The monoisotopic (exact) mass is 338 g/mol. The normalized spacial score (nSPS) is 15.6. The molecule has 1 amide bonds. The Balaban J connectivity index is 1.64. The van der Waals surface area contributed by atoms with Gasteiger partial charge in [-0.3, -0.25) is 4.79 Å². The largest absolute Gasteiger partial charge is 0.465 e. The Kier molecular flexibility index (Phi) is 5.03. The summed E-state index contributed by atoms with van der Waals surface area (Å²) in [6.07, 6.45) is 1.36. The quantitative estimate of drug-likeness (QED) is 0.850.